The SMILES string of the molecule is COC(=O)C(C)(CC(=O)O)[C@H]1[C@H](c2ccc(F)cc2)[C@@H](O[C@H](C)c2cc(C(F)(F)F)cc(C(F)(F)F)c2)CN1C(=O)OC(C)(C)C. The maximum Gasteiger partial charge on any atom is 0.416 e. The van der Waals surface area contributed by atoms with E-state index in [2.05, 4.69) is 0 Å². The van der Waals surface area contributed by atoms with Gasteiger partial charge < -0.3 is 24.2 Å². The van der Waals surface area contributed by atoms with E-state index in [1.807, 2.05) is 0 Å². The molecule has 1 N–H and O–H groups in total. The van der Waals surface area contributed by atoms with Gasteiger partial charge in [-0.25, -0.2) is 9.18 Å². The van der Waals surface area contributed by atoms with Crippen molar-refractivity contribution in [2.24, 2.45) is 5.41 Å². The quantitative estimate of drug-likeness (QED) is 0.232. The molecule has 1 heterocycles. The molecule has 2 aromatic carbocycles. The van der Waals surface area contributed by atoms with Gasteiger partial charge in [0.15, 0.2) is 0 Å². The fourth-order valence-electron chi connectivity index (χ4n) is 5.68. The van der Waals surface area contributed by atoms with Gasteiger partial charge in [0.25, 0.3) is 0 Å². The van der Waals surface area contributed by atoms with E-state index in [1.165, 1.54) is 26.0 Å². The van der Waals surface area contributed by atoms with Gasteiger partial charge in [0, 0.05) is 5.92 Å². The number of carbonyl (C=O) groups is 3. The summed E-state index contributed by atoms with van der Waals surface area (Å²) < 4.78 is 112. The third-order valence-electron chi connectivity index (χ3n) is 7.62. The van der Waals surface area contributed by atoms with Gasteiger partial charge in [0.1, 0.15) is 11.4 Å². The maximum atomic E-state index is 14.0. The van der Waals surface area contributed by atoms with Crippen molar-refractivity contribution in [3.05, 3.63) is 70.5 Å². The summed E-state index contributed by atoms with van der Waals surface area (Å²) in [4.78, 5) is 40.0. The number of carboxylic acid groups (broad SMARTS) is 1. The molecule has 0 bridgehead atoms. The summed E-state index contributed by atoms with van der Waals surface area (Å²) in [6, 6.07) is 4.26. The fourth-order valence-corrected chi connectivity index (χ4v) is 5.68. The van der Waals surface area contributed by atoms with Crippen molar-refractivity contribution in [3.63, 3.8) is 0 Å². The zero-order valence-corrected chi connectivity index (χ0v) is 25.8. The van der Waals surface area contributed by atoms with E-state index in [9.17, 15) is 50.2 Å². The number of methoxy groups -OCH3 is 1. The highest BCUT2D eigenvalue weighted by Gasteiger charge is 2.59. The molecule has 1 aliphatic heterocycles. The summed E-state index contributed by atoms with van der Waals surface area (Å²) in [6.45, 7) is 6.65. The lowest BCUT2D eigenvalue weighted by molar-refractivity contribution is -0.161. The van der Waals surface area contributed by atoms with Gasteiger partial charge in [-0.05, 0) is 76.1 Å². The van der Waals surface area contributed by atoms with E-state index in [0.29, 0.717) is 12.1 Å². The maximum absolute atomic E-state index is 14.0. The molecule has 0 aromatic heterocycles. The van der Waals surface area contributed by atoms with Crippen LogP contribution < -0.4 is 0 Å². The van der Waals surface area contributed by atoms with Crippen LogP contribution in [0.3, 0.4) is 0 Å². The summed E-state index contributed by atoms with van der Waals surface area (Å²) in [5.74, 6) is -4.33. The van der Waals surface area contributed by atoms with Crippen molar-refractivity contribution in [1.29, 1.82) is 0 Å². The standard InChI is InChI=1S/C31H34F7NO7/c1-16(18-11-19(30(33,34)35)13-20(12-18)31(36,37)38)45-22-15-39(27(43)46-28(2,3)4)25(24(22)17-7-9-21(32)10-8-17)29(5,14-23(40)41)26(42)44-6/h7-13,16,22,24-25H,14-15H2,1-6H3,(H,40,41)/t16-,22+,24-,25-,29?/m1/s1. The average molecular weight is 666 g/mol. The van der Waals surface area contributed by atoms with Crippen LogP contribution in [0, 0.1) is 11.2 Å². The lowest BCUT2D eigenvalue weighted by atomic mass is 9.71. The molecule has 1 fully saturated rings. The van der Waals surface area contributed by atoms with Crippen molar-refractivity contribution >= 4 is 18.0 Å². The lowest BCUT2D eigenvalue weighted by Gasteiger charge is -2.40. The first-order valence-corrected chi connectivity index (χ1v) is 14.0. The molecule has 1 amide bonds. The molecule has 46 heavy (non-hydrogen) atoms. The molecular formula is C31H34F7NO7. The van der Waals surface area contributed by atoms with Gasteiger partial charge in [-0.3, -0.25) is 9.59 Å². The smallest absolute Gasteiger partial charge is 0.416 e. The number of ether oxygens (including phenoxy) is 3. The highest BCUT2D eigenvalue weighted by atomic mass is 19.4. The fraction of sp³-hybridized carbons (Fsp3) is 0.516. The number of amides is 1. The second-order valence-corrected chi connectivity index (χ2v) is 12.3. The number of likely N-dealkylation sites (tertiary alicyclic amines) is 1. The molecule has 254 valence electrons. The van der Waals surface area contributed by atoms with Gasteiger partial charge >= 0.3 is 30.4 Å². The number of carboxylic acids is 1. The minimum absolute atomic E-state index is 0.0267. The molecule has 0 radical (unpaired) electrons. The largest absolute Gasteiger partial charge is 0.481 e. The summed E-state index contributed by atoms with van der Waals surface area (Å²) in [7, 11) is 1.00. The van der Waals surface area contributed by atoms with E-state index >= 15 is 0 Å². The second kappa shape index (κ2) is 13.1. The summed E-state index contributed by atoms with van der Waals surface area (Å²) in [5, 5.41) is 9.79. The van der Waals surface area contributed by atoms with E-state index in [1.54, 1.807) is 20.8 Å². The summed E-state index contributed by atoms with van der Waals surface area (Å²) in [6.07, 6.45) is -14.9. The number of aliphatic carboxylic acids is 1. The zero-order valence-electron chi connectivity index (χ0n) is 25.8. The number of benzene rings is 2. The van der Waals surface area contributed by atoms with Crippen LogP contribution in [0.5, 0.6) is 0 Å². The third-order valence-corrected chi connectivity index (χ3v) is 7.62. The van der Waals surface area contributed by atoms with Crippen LogP contribution in [0.4, 0.5) is 35.5 Å². The topological polar surface area (TPSA) is 102 Å². The number of hydrogen-bond acceptors (Lipinski definition) is 6. The number of esters is 1. The molecule has 1 saturated heterocycles. The van der Waals surface area contributed by atoms with Gasteiger partial charge in [-0.1, -0.05) is 12.1 Å². The van der Waals surface area contributed by atoms with Crippen LogP contribution in [-0.2, 0) is 36.2 Å². The van der Waals surface area contributed by atoms with Crippen LogP contribution in [0.25, 0.3) is 0 Å². The van der Waals surface area contributed by atoms with Crippen molar-refractivity contribution in [2.45, 2.75) is 83.2 Å². The predicted octanol–water partition coefficient (Wildman–Crippen LogP) is 7.37. The number of halogens is 7. The molecule has 0 saturated carbocycles. The summed E-state index contributed by atoms with van der Waals surface area (Å²) in [5.41, 5.74) is -6.48. The minimum Gasteiger partial charge on any atom is -0.481 e. The van der Waals surface area contributed by atoms with Crippen LogP contribution >= 0.6 is 0 Å². The Morgan fingerprint density at radius 3 is 1.89 bits per heavy atom. The first kappa shape index (κ1) is 36.6. The Hall–Kier alpha value is -3.88. The summed E-state index contributed by atoms with van der Waals surface area (Å²) >= 11 is 0. The predicted molar refractivity (Wildman–Crippen MR) is 148 cm³/mol. The molecule has 5 atom stereocenters. The van der Waals surface area contributed by atoms with Gasteiger partial charge in [0.2, 0.25) is 0 Å². The molecule has 8 nitrogen and oxygen atoms in total. The van der Waals surface area contributed by atoms with Crippen LogP contribution in [-0.4, -0.2) is 59.4 Å². The van der Waals surface area contributed by atoms with Gasteiger partial charge in [-0.2, -0.15) is 26.3 Å². The average Bonchev–Trinajstić information content (AvgIpc) is 3.30. The number of carbonyl (C=O) groups excluding carboxylic acids is 2. The van der Waals surface area contributed by atoms with Crippen molar-refractivity contribution in [1.82, 2.24) is 4.90 Å². The number of alkyl halides is 6. The van der Waals surface area contributed by atoms with E-state index in [0.717, 1.165) is 24.1 Å². The molecule has 0 spiro atoms. The van der Waals surface area contributed by atoms with E-state index in [4.69, 9.17) is 14.2 Å². The van der Waals surface area contributed by atoms with Crippen LogP contribution in [0.15, 0.2) is 42.5 Å². The third kappa shape index (κ3) is 8.28. The Kier molecular flexibility index (Phi) is 10.4. The Morgan fingerprint density at radius 1 is 0.935 bits per heavy atom. The molecule has 2 aromatic rings. The normalized spacial score (nSPS) is 21.0. The molecular weight excluding hydrogens is 631 g/mol. The molecule has 1 unspecified atom stereocenters. The Morgan fingerprint density at radius 2 is 1.46 bits per heavy atom. The first-order valence-electron chi connectivity index (χ1n) is 14.0. The number of rotatable bonds is 8. The van der Waals surface area contributed by atoms with Gasteiger partial charge in [-0.15, -0.1) is 0 Å². The molecule has 1 aliphatic rings. The van der Waals surface area contributed by atoms with Crippen LogP contribution in [0.1, 0.15) is 75.3 Å². The first-order chi connectivity index (χ1) is 21.0. The Labute approximate surface area is 260 Å². The van der Waals surface area contributed by atoms with E-state index in [-0.39, 0.29) is 11.6 Å². The number of hydrogen-bond donors (Lipinski definition) is 1. The lowest BCUT2D eigenvalue weighted by Crippen LogP contribution is -2.53. The highest BCUT2D eigenvalue weighted by Crippen LogP contribution is 2.48. The Balaban J connectivity index is 2.24. The molecule has 15 heteroatoms. The minimum atomic E-state index is -5.13. The second-order valence-electron chi connectivity index (χ2n) is 12.3. The van der Waals surface area contributed by atoms with Gasteiger partial charge in [0.05, 0.1) is 54.9 Å². The monoisotopic (exact) mass is 665 g/mol. The Bertz CT molecular complexity index is 1400. The van der Waals surface area contributed by atoms with Crippen molar-refractivity contribution in [3.8, 4) is 0 Å². The molecule has 0 aliphatic carbocycles. The van der Waals surface area contributed by atoms with Crippen molar-refractivity contribution < 1.29 is 64.4 Å². The van der Waals surface area contributed by atoms with Crippen molar-refractivity contribution in [2.75, 3.05) is 13.7 Å². The van der Waals surface area contributed by atoms with E-state index < -0.39 is 101 Å². The highest BCUT2D eigenvalue weighted by molar-refractivity contribution is 5.84. The zero-order chi connectivity index (χ0) is 35.0. The molecule has 3 rings (SSSR count). The van der Waals surface area contributed by atoms with Crippen LogP contribution in [0.2, 0.25) is 0 Å². The number of nitrogens with zero attached hydrogens (tertiary/aromatic N) is 1.